The number of hydrogen-bond donors (Lipinski definition) is 1. The van der Waals surface area contributed by atoms with Gasteiger partial charge in [-0.15, -0.1) is 0 Å². The Kier molecular flexibility index (Phi) is 8.45. The summed E-state index contributed by atoms with van der Waals surface area (Å²) in [5.41, 5.74) is -1.74. The molecule has 3 aromatic carbocycles. The van der Waals surface area contributed by atoms with E-state index in [1.165, 1.54) is 24.3 Å². The van der Waals surface area contributed by atoms with Crippen molar-refractivity contribution >= 4 is 58.5 Å². The second kappa shape index (κ2) is 11.7. The fourth-order valence-corrected chi connectivity index (χ4v) is 4.28. The van der Waals surface area contributed by atoms with Crippen molar-refractivity contribution in [3.8, 4) is 17.2 Å². The Balaban J connectivity index is 1.74. The van der Waals surface area contributed by atoms with Crippen LogP contribution >= 0.6 is 23.2 Å². The second-order valence-electron chi connectivity index (χ2n) is 8.69. The van der Waals surface area contributed by atoms with Crippen molar-refractivity contribution in [2.45, 2.75) is 20.0 Å². The highest BCUT2D eigenvalue weighted by Crippen LogP contribution is 2.44. The van der Waals surface area contributed by atoms with Gasteiger partial charge in [0.1, 0.15) is 5.57 Å². The van der Waals surface area contributed by atoms with Crippen LogP contribution in [0.1, 0.15) is 23.6 Å². The van der Waals surface area contributed by atoms with E-state index in [9.17, 15) is 37.7 Å². The Morgan fingerprint density at radius 3 is 2.36 bits per heavy atom. The lowest BCUT2D eigenvalue weighted by Gasteiger charge is -2.26. The monoisotopic (exact) mass is 623 g/mol. The lowest BCUT2D eigenvalue weighted by Crippen LogP contribution is -2.54. The van der Waals surface area contributed by atoms with Gasteiger partial charge in [0, 0.05) is 11.1 Å². The maximum atomic E-state index is 13.3. The molecule has 1 aliphatic rings. The summed E-state index contributed by atoms with van der Waals surface area (Å²) in [5, 5.41) is 13.6. The zero-order valence-corrected chi connectivity index (χ0v) is 23.1. The van der Waals surface area contributed by atoms with Crippen LogP contribution in [0.25, 0.3) is 6.08 Å². The molecule has 15 heteroatoms. The van der Waals surface area contributed by atoms with E-state index in [4.69, 9.17) is 32.7 Å². The minimum atomic E-state index is -4.83. The van der Waals surface area contributed by atoms with Crippen LogP contribution in [0.2, 0.25) is 10.0 Å². The molecular weight excluding hydrogens is 606 g/mol. The molecule has 1 N–H and O–H groups in total. The van der Waals surface area contributed by atoms with Gasteiger partial charge in [0.2, 0.25) is 5.75 Å². The summed E-state index contributed by atoms with van der Waals surface area (Å²) in [7, 11) is 0. The van der Waals surface area contributed by atoms with E-state index in [1.807, 2.05) is 0 Å². The van der Waals surface area contributed by atoms with E-state index in [-0.39, 0.29) is 39.4 Å². The number of amides is 4. The van der Waals surface area contributed by atoms with Crippen LogP contribution in [0.15, 0.2) is 54.1 Å². The Morgan fingerprint density at radius 1 is 1.02 bits per heavy atom. The SMILES string of the molecule is CCOc1cc(/C=C2\C(=O)NC(=O)N(c3ccc(C)c(Cl)c3)C2=O)cc(Cl)c1Oc1ccc(C(F)(F)F)cc1[N+](=O)[O-]. The number of carbonyl (C=O) groups is 3. The maximum Gasteiger partial charge on any atom is 0.416 e. The zero-order chi connectivity index (χ0) is 30.9. The van der Waals surface area contributed by atoms with Gasteiger partial charge in [0.05, 0.1) is 27.8 Å². The lowest BCUT2D eigenvalue weighted by atomic mass is 10.1. The Bertz CT molecular complexity index is 1680. The number of carbonyl (C=O) groups excluding carboxylic acids is 3. The molecule has 0 aromatic heterocycles. The van der Waals surface area contributed by atoms with Crippen molar-refractivity contribution in [2.24, 2.45) is 0 Å². The second-order valence-corrected chi connectivity index (χ2v) is 9.51. The number of barbiturate groups is 1. The number of nitrogens with zero attached hydrogens (tertiary/aromatic N) is 2. The fraction of sp³-hybridized carbons (Fsp3) is 0.148. The number of nitrogens with one attached hydrogen (secondary N) is 1. The third-order valence-electron chi connectivity index (χ3n) is 5.85. The Labute approximate surface area is 245 Å². The number of benzene rings is 3. The van der Waals surface area contributed by atoms with E-state index in [1.54, 1.807) is 19.9 Å². The highest BCUT2D eigenvalue weighted by atomic mass is 35.5. The minimum Gasteiger partial charge on any atom is -0.490 e. The van der Waals surface area contributed by atoms with Crippen LogP contribution < -0.4 is 19.7 Å². The fourth-order valence-electron chi connectivity index (χ4n) is 3.85. The van der Waals surface area contributed by atoms with E-state index < -0.39 is 51.5 Å². The average molecular weight is 624 g/mol. The topological polar surface area (TPSA) is 128 Å². The summed E-state index contributed by atoms with van der Waals surface area (Å²) < 4.78 is 50.4. The van der Waals surface area contributed by atoms with Gasteiger partial charge >= 0.3 is 17.9 Å². The van der Waals surface area contributed by atoms with E-state index >= 15 is 0 Å². The maximum absolute atomic E-state index is 13.3. The van der Waals surface area contributed by atoms with E-state index in [2.05, 4.69) is 5.32 Å². The third-order valence-corrected chi connectivity index (χ3v) is 6.54. The van der Waals surface area contributed by atoms with E-state index in [0.29, 0.717) is 17.7 Å². The number of nitro benzene ring substituents is 1. The smallest absolute Gasteiger partial charge is 0.416 e. The third kappa shape index (κ3) is 6.16. The lowest BCUT2D eigenvalue weighted by molar-refractivity contribution is -0.385. The van der Waals surface area contributed by atoms with Gasteiger partial charge in [-0.25, -0.2) is 9.69 Å². The molecule has 0 spiro atoms. The molecule has 4 amide bonds. The number of anilines is 1. The van der Waals surface area contributed by atoms with Crippen LogP contribution in [-0.2, 0) is 15.8 Å². The molecule has 1 fully saturated rings. The van der Waals surface area contributed by atoms with Crippen molar-refractivity contribution < 1.29 is 42.0 Å². The Morgan fingerprint density at radius 2 is 1.74 bits per heavy atom. The molecule has 1 aliphatic heterocycles. The number of nitro groups is 1. The highest BCUT2D eigenvalue weighted by Gasteiger charge is 2.37. The first-order chi connectivity index (χ1) is 19.7. The molecule has 10 nitrogen and oxygen atoms in total. The first-order valence-corrected chi connectivity index (χ1v) is 12.6. The summed E-state index contributed by atoms with van der Waals surface area (Å²) in [5.74, 6) is -2.87. The summed E-state index contributed by atoms with van der Waals surface area (Å²) in [6, 6.07) is 7.69. The number of halogens is 5. The van der Waals surface area contributed by atoms with Gasteiger partial charge in [0.15, 0.2) is 11.5 Å². The van der Waals surface area contributed by atoms with Crippen molar-refractivity contribution in [2.75, 3.05) is 11.5 Å². The Hall–Kier alpha value is -4.62. The molecule has 42 heavy (non-hydrogen) atoms. The number of urea groups is 1. The van der Waals surface area contributed by atoms with Gasteiger partial charge in [-0.3, -0.25) is 25.0 Å². The van der Waals surface area contributed by atoms with Crippen LogP contribution in [0, 0.1) is 17.0 Å². The summed E-state index contributed by atoms with van der Waals surface area (Å²) >= 11 is 12.5. The van der Waals surface area contributed by atoms with Crippen LogP contribution in [0.3, 0.4) is 0 Å². The highest BCUT2D eigenvalue weighted by molar-refractivity contribution is 6.39. The molecule has 0 saturated carbocycles. The van der Waals surface area contributed by atoms with Crippen LogP contribution in [0.4, 0.5) is 29.3 Å². The number of imide groups is 2. The average Bonchev–Trinajstić information content (AvgIpc) is 2.90. The van der Waals surface area contributed by atoms with Gasteiger partial charge in [-0.05, 0) is 67.4 Å². The van der Waals surface area contributed by atoms with Gasteiger partial charge in [-0.2, -0.15) is 13.2 Å². The predicted molar refractivity (Wildman–Crippen MR) is 146 cm³/mol. The number of rotatable bonds is 7. The number of ether oxygens (including phenoxy) is 2. The predicted octanol–water partition coefficient (Wildman–Crippen LogP) is 7.09. The number of aryl methyl sites for hydroxylation is 1. The van der Waals surface area contributed by atoms with Gasteiger partial charge < -0.3 is 9.47 Å². The van der Waals surface area contributed by atoms with Crippen molar-refractivity contribution in [3.05, 3.63) is 91.0 Å². The first-order valence-electron chi connectivity index (χ1n) is 11.9. The zero-order valence-electron chi connectivity index (χ0n) is 21.5. The molecule has 0 unspecified atom stereocenters. The molecule has 0 atom stereocenters. The van der Waals surface area contributed by atoms with Crippen molar-refractivity contribution in [1.82, 2.24) is 5.32 Å². The quantitative estimate of drug-likeness (QED) is 0.129. The summed E-state index contributed by atoms with van der Waals surface area (Å²) in [6.45, 7) is 3.36. The molecule has 218 valence electrons. The molecule has 0 radical (unpaired) electrons. The van der Waals surface area contributed by atoms with E-state index in [0.717, 1.165) is 17.0 Å². The van der Waals surface area contributed by atoms with Crippen molar-refractivity contribution in [3.63, 3.8) is 0 Å². The molecular formula is C27H18Cl2F3N3O7. The minimum absolute atomic E-state index is 0.0394. The van der Waals surface area contributed by atoms with Gasteiger partial charge in [-0.1, -0.05) is 29.3 Å². The number of alkyl halides is 3. The largest absolute Gasteiger partial charge is 0.490 e. The molecule has 1 heterocycles. The van der Waals surface area contributed by atoms with Crippen molar-refractivity contribution in [1.29, 1.82) is 0 Å². The molecule has 0 aliphatic carbocycles. The summed E-state index contributed by atoms with van der Waals surface area (Å²) in [6.07, 6.45) is -3.70. The first kappa shape index (κ1) is 30.3. The molecule has 0 bridgehead atoms. The van der Waals surface area contributed by atoms with Crippen LogP contribution in [-0.4, -0.2) is 29.4 Å². The van der Waals surface area contributed by atoms with Gasteiger partial charge in [0.25, 0.3) is 11.8 Å². The molecule has 3 aromatic rings. The van der Waals surface area contributed by atoms with Crippen LogP contribution in [0.5, 0.6) is 17.2 Å². The standard InChI is InChI=1S/C27H18Cl2F3N3O7/c1-3-41-22-10-14(8-17-24(36)33-26(38)34(25(17)37)16-6-4-13(2)18(28)12-16)9-19(29)23(22)42-21-7-5-15(27(30,31)32)11-20(21)35(39)40/h4-12H,3H2,1-2H3,(H,33,36,38)/b17-8+. The summed E-state index contributed by atoms with van der Waals surface area (Å²) in [4.78, 5) is 49.5. The molecule has 1 saturated heterocycles. The normalized spacial score (nSPS) is 14.7. The number of hydrogen-bond acceptors (Lipinski definition) is 7. The molecule has 4 rings (SSSR count).